The number of hydrogen-bond donors (Lipinski definition) is 1. The summed E-state index contributed by atoms with van der Waals surface area (Å²) < 4.78 is 0. The molecule has 1 aliphatic heterocycles. The van der Waals surface area contributed by atoms with Crippen molar-refractivity contribution in [1.82, 2.24) is 10.2 Å². The van der Waals surface area contributed by atoms with E-state index in [4.69, 9.17) is 0 Å². The Hall–Kier alpha value is -1.84. The average Bonchev–Trinajstić information content (AvgIpc) is 2.43. The van der Waals surface area contributed by atoms with Crippen LogP contribution in [0, 0.1) is 0 Å². The van der Waals surface area contributed by atoms with Gasteiger partial charge < -0.3 is 10.2 Å². The number of carbonyl (C=O) groups is 2. The number of amides is 2. The van der Waals surface area contributed by atoms with Gasteiger partial charge >= 0.3 is 0 Å². The van der Waals surface area contributed by atoms with Gasteiger partial charge in [-0.3, -0.25) is 9.59 Å². The van der Waals surface area contributed by atoms with Crippen molar-refractivity contribution in [1.29, 1.82) is 0 Å². The Kier molecular flexibility index (Phi) is 3.60. The maximum Gasteiger partial charge on any atom is 0.246 e. The highest BCUT2D eigenvalue weighted by molar-refractivity contribution is 5.99. The third-order valence-electron chi connectivity index (χ3n) is 4.13. The predicted octanol–water partition coefficient (Wildman–Crippen LogP) is 1.35. The van der Waals surface area contributed by atoms with Crippen LogP contribution in [0.1, 0.15) is 25.8 Å². The summed E-state index contributed by atoms with van der Waals surface area (Å²) in [4.78, 5) is 26.1. The van der Waals surface area contributed by atoms with Crippen LogP contribution in [0.2, 0.25) is 0 Å². The van der Waals surface area contributed by atoms with Gasteiger partial charge in [-0.1, -0.05) is 37.3 Å². The molecule has 4 nitrogen and oxygen atoms in total. The van der Waals surface area contributed by atoms with Crippen LogP contribution in [0.15, 0.2) is 30.3 Å². The molecule has 1 heterocycles. The molecule has 0 saturated carbocycles. The van der Waals surface area contributed by atoms with E-state index in [1.54, 1.807) is 18.9 Å². The lowest BCUT2D eigenvalue weighted by Gasteiger charge is -2.43. The van der Waals surface area contributed by atoms with E-state index >= 15 is 0 Å². The van der Waals surface area contributed by atoms with E-state index in [9.17, 15) is 9.59 Å². The molecule has 19 heavy (non-hydrogen) atoms. The van der Waals surface area contributed by atoms with Crippen molar-refractivity contribution in [3.05, 3.63) is 35.9 Å². The first-order chi connectivity index (χ1) is 8.99. The van der Waals surface area contributed by atoms with Gasteiger partial charge in [0.2, 0.25) is 11.8 Å². The number of nitrogens with one attached hydrogen (secondary N) is 1. The molecule has 0 aliphatic carbocycles. The largest absolute Gasteiger partial charge is 0.342 e. The molecule has 0 aromatic heterocycles. The van der Waals surface area contributed by atoms with Gasteiger partial charge in [0.15, 0.2) is 0 Å². The van der Waals surface area contributed by atoms with E-state index < -0.39 is 11.6 Å². The zero-order valence-electron chi connectivity index (χ0n) is 11.6. The van der Waals surface area contributed by atoms with Gasteiger partial charge in [-0.25, -0.2) is 0 Å². The summed E-state index contributed by atoms with van der Waals surface area (Å²) in [7, 11) is 1.71. The highest BCUT2D eigenvalue weighted by Crippen LogP contribution is 2.24. The maximum atomic E-state index is 12.4. The molecule has 2 atom stereocenters. The molecule has 1 aliphatic rings. The number of benzene rings is 1. The number of rotatable bonds is 3. The minimum absolute atomic E-state index is 0.0206. The lowest BCUT2D eigenvalue weighted by molar-refractivity contribution is -0.154. The number of likely N-dealkylation sites (N-methyl/N-ethyl adjacent to an activating group) is 1. The third kappa shape index (κ3) is 2.35. The molecule has 1 fully saturated rings. The molecule has 0 bridgehead atoms. The van der Waals surface area contributed by atoms with Crippen LogP contribution in [0.25, 0.3) is 0 Å². The van der Waals surface area contributed by atoms with Gasteiger partial charge in [-0.05, 0) is 18.9 Å². The van der Waals surface area contributed by atoms with Crippen LogP contribution in [0.4, 0.5) is 0 Å². The van der Waals surface area contributed by atoms with Crippen molar-refractivity contribution in [2.24, 2.45) is 0 Å². The second kappa shape index (κ2) is 5.03. The van der Waals surface area contributed by atoms with Gasteiger partial charge in [0.1, 0.15) is 11.6 Å². The second-order valence-electron chi connectivity index (χ2n) is 5.24. The van der Waals surface area contributed by atoms with Crippen molar-refractivity contribution in [2.75, 3.05) is 7.05 Å². The molecule has 1 N–H and O–H groups in total. The summed E-state index contributed by atoms with van der Waals surface area (Å²) in [5.74, 6) is -0.0918. The Morgan fingerprint density at radius 2 is 1.89 bits per heavy atom. The minimum atomic E-state index is -0.732. The summed E-state index contributed by atoms with van der Waals surface area (Å²) in [6.45, 7) is 3.72. The normalized spacial score (nSPS) is 27.3. The minimum Gasteiger partial charge on any atom is -0.342 e. The van der Waals surface area contributed by atoms with E-state index in [-0.39, 0.29) is 11.8 Å². The summed E-state index contributed by atoms with van der Waals surface area (Å²) in [6, 6.07) is 9.28. The zero-order chi connectivity index (χ0) is 14.0. The smallest absolute Gasteiger partial charge is 0.246 e. The number of hydrogen-bond acceptors (Lipinski definition) is 2. The van der Waals surface area contributed by atoms with Crippen LogP contribution in [-0.4, -0.2) is 35.3 Å². The van der Waals surface area contributed by atoms with Gasteiger partial charge in [-0.2, -0.15) is 0 Å². The predicted molar refractivity (Wildman–Crippen MR) is 73.5 cm³/mol. The van der Waals surface area contributed by atoms with Crippen LogP contribution >= 0.6 is 0 Å². The van der Waals surface area contributed by atoms with Crippen molar-refractivity contribution in [3.63, 3.8) is 0 Å². The SMILES string of the molecule is CCC1(C)C(=O)NC(Cc2ccccc2)C(=O)N1C. The van der Waals surface area contributed by atoms with E-state index in [0.717, 1.165) is 5.56 Å². The Balaban J connectivity index is 2.18. The fraction of sp³-hybridized carbons (Fsp3) is 0.467. The van der Waals surface area contributed by atoms with Crippen LogP contribution < -0.4 is 5.32 Å². The van der Waals surface area contributed by atoms with Gasteiger partial charge in [0.05, 0.1) is 0 Å². The Morgan fingerprint density at radius 3 is 2.47 bits per heavy atom. The Bertz CT molecular complexity index is 486. The third-order valence-corrected chi connectivity index (χ3v) is 4.13. The van der Waals surface area contributed by atoms with E-state index in [1.165, 1.54) is 0 Å². The summed E-state index contributed by atoms with van der Waals surface area (Å²) in [6.07, 6.45) is 1.15. The first-order valence-electron chi connectivity index (χ1n) is 6.61. The fourth-order valence-electron chi connectivity index (χ4n) is 2.39. The molecule has 2 rings (SSSR count). The monoisotopic (exact) mass is 260 g/mol. The average molecular weight is 260 g/mol. The van der Waals surface area contributed by atoms with E-state index in [1.807, 2.05) is 37.3 Å². The molecule has 1 aromatic rings. The first-order valence-corrected chi connectivity index (χ1v) is 6.61. The zero-order valence-corrected chi connectivity index (χ0v) is 11.6. The van der Waals surface area contributed by atoms with Gasteiger partial charge in [0, 0.05) is 13.5 Å². The summed E-state index contributed by atoms with van der Waals surface area (Å²) in [5.41, 5.74) is 0.319. The molecular weight excluding hydrogens is 240 g/mol. The van der Waals surface area contributed by atoms with Gasteiger partial charge in [0.25, 0.3) is 0 Å². The molecule has 4 heteroatoms. The summed E-state index contributed by atoms with van der Waals surface area (Å²) in [5, 5.41) is 2.86. The van der Waals surface area contributed by atoms with Crippen LogP contribution in [0.3, 0.4) is 0 Å². The molecular formula is C15H20N2O2. The number of nitrogens with zero attached hydrogens (tertiary/aromatic N) is 1. The van der Waals surface area contributed by atoms with Crippen molar-refractivity contribution in [3.8, 4) is 0 Å². The summed E-state index contributed by atoms with van der Waals surface area (Å²) >= 11 is 0. The van der Waals surface area contributed by atoms with Crippen molar-refractivity contribution in [2.45, 2.75) is 38.3 Å². The fourth-order valence-corrected chi connectivity index (χ4v) is 2.39. The van der Waals surface area contributed by atoms with E-state index in [2.05, 4.69) is 5.32 Å². The lowest BCUT2D eigenvalue weighted by atomic mass is 9.90. The highest BCUT2D eigenvalue weighted by Gasteiger charge is 2.46. The number of carbonyl (C=O) groups excluding carboxylic acids is 2. The van der Waals surface area contributed by atoms with Gasteiger partial charge in [-0.15, -0.1) is 0 Å². The Morgan fingerprint density at radius 1 is 1.26 bits per heavy atom. The molecule has 1 aromatic carbocycles. The lowest BCUT2D eigenvalue weighted by Crippen LogP contribution is -2.68. The standard InChI is InChI=1S/C15H20N2O2/c1-4-15(2)14(19)16-12(13(18)17(15)3)10-11-8-6-5-7-9-11/h5-9,12H,4,10H2,1-3H3,(H,16,19). The molecule has 1 saturated heterocycles. The highest BCUT2D eigenvalue weighted by atomic mass is 16.2. The topological polar surface area (TPSA) is 49.4 Å². The molecule has 2 amide bonds. The first kappa shape index (κ1) is 13.6. The molecule has 2 unspecified atom stereocenters. The van der Waals surface area contributed by atoms with Crippen molar-refractivity contribution < 1.29 is 9.59 Å². The molecule has 0 spiro atoms. The maximum absolute atomic E-state index is 12.4. The van der Waals surface area contributed by atoms with Crippen LogP contribution in [0.5, 0.6) is 0 Å². The van der Waals surface area contributed by atoms with Crippen molar-refractivity contribution >= 4 is 11.8 Å². The Labute approximate surface area is 113 Å². The second-order valence-corrected chi connectivity index (χ2v) is 5.24. The molecule has 102 valence electrons. The number of piperazine rings is 1. The molecule has 0 radical (unpaired) electrons. The quantitative estimate of drug-likeness (QED) is 0.892. The van der Waals surface area contributed by atoms with E-state index in [0.29, 0.717) is 12.8 Å². The van der Waals surface area contributed by atoms with Crippen LogP contribution in [-0.2, 0) is 16.0 Å².